The number of benzene rings is 6. The summed E-state index contributed by atoms with van der Waals surface area (Å²) in [5.74, 6) is 1.71. The maximum atomic E-state index is 14.4. The monoisotopic (exact) mass is 765 g/mol. The van der Waals surface area contributed by atoms with E-state index in [1.54, 1.807) is 30.3 Å². The number of para-hydroxylation sites is 1. The number of amides is 1. The molecule has 0 saturated carbocycles. The Morgan fingerprint density at radius 3 is 1.52 bits per heavy atom. The van der Waals surface area contributed by atoms with Crippen molar-refractivity contribution < 1.29 is 14.3 Å². The first kappa shape index (κ1) is 44.7. The second-order valence-electron chi connectivity index (χ2n) is 11.3. The molecule has 0 N–H and O–H groups in total. The Kier molecular flexibility index (Phi) is 17.0. The number of nitrogens with zero attached hydrogens (tertiary/aromatic N) is 5. The SMILES string of the molecule is CC.CC.CC.CC.[C-]#[N+]c1ccc(Oc2ccc(C3(c4ccc(Oc5ccc(C#N)c(C#N)c5)cc4)c4ccccc4C(=O)N3c3ccccc3)cc2)cc1[N+]#[C-]. The second kappa shape index (κ2) is 22.0. The lowest BCUT2D eigenvalue weighted by Gasteiger charge is -2.40. The number of carbonyl (C=O) groups is 1. The summed E-state index contributed by atoms with van der Waals surface area (Å²) in [6, 6.07) is 45.6. The lowest BCUT2D eigenvalue weighted by molar-refractivity contribution is 0.0986. The van der Waals surface area contributed by atoms with Crippen molar-refractivity contribution in [1.29, 1.82) is 10.5 Å². The molecule has 0 fully saturated rings. The van der Waals surface area contributed by atoms with Crippen LogP contribution in [0.15, 0.2) is 140 Å². The van der Waals surface area contributed by atoms with Crippen molar-refractivity contribution in [3.8, 4) is 35.1 Å². The minimum atomic E-state index is -1.09. The number of hydrogen-bond acceptors (Lipinski definition) is 5. The van der Waals surface area contributed by atoms with Crippen molar-refractivity contribution in [2.24, 2.45) is 0 Å². The Bertz CT molecular complexity index is 2330. The zero-order chi connectivity index (χ0) is 42.7. The molecule has 1 unspecified atom stereocenters. The highest BCUT2D eigenvalue weighted by atomic mass is 16.5. The predicted octanol–water partition coefficient (Wildman–Crippen LogP) is 14.2. The first-order valence-electron chi connectivity index (χ1n) is 19.4. The zero-order valence-corrected chi connectivity index (χ0v) is 34.2. The molecule has 7 rings (SSSR count). The summed E-state index contributed by atoms with van der Waals surface area (Å²) in [5, 5.41) is 18.8. The molecule has 6 aromatic rings. The molecule has 0 saturated heterocycles. The molecule has 6 aromatic carbocycles. The van der Waals surface area contributed by atoms with Crippen LogP contribution in [0.5, 0.6) is 23.0 Å². The van der Waals surface area contributed by atoms with E-state index in [4.69, 9.17) is 22.6 Å². The Labute approximate surface area is 343 Å². The summed E-state index contributed by atoms with van der Waals surface area (Å²) < 4.78 is 12.2. The van der Waals surface area contributed by atoms with Crippen molar-refractivity contribution in [2.45, 2.75) is 60.9 Å². The molecular weight excluding hydrogens is 719 g/mol. The molecule has 0 spiro atoms. The van der Waals surface area contributed by atoms with Crippen molar-refractivity contribution in [2.75, 3.05) is 4.90 Å². The molecule has 1 aliphatic heterocycles. The fourth-order valence-corrected chi connectivity index (χ4v) is 6.33. The third-order valence-corrected chi connectivity index (χ3v) is 8.54. The van der Waals surface area contributed by atoms with Gasteiger partial charge in [-0.25, -0.2) is 4.85 Å². The van der Waals surface area contributed by atoms with Gasteiger partial charge >= 0.3 is 0 Å². The zero-order valence-electron chi connectivity index (χ0n) is 34.2. The Hall–Kier alpha value is -7.65. The molecule has 1 heterocycles. The molecular formula is C50H47N5O3. The minimum absolute atomic E-state index is 0.152. The summed E-state index contributed by atoms with van der Waals surface area (Å²) in [5.41, 5.74) is 3.56. The third kappa shape index (κ3) is 9.07. The number of carbonyl (C=O) groups excluding carboxylic acids is 1. The van der Waals surface area contributed by atoms with Crippen molar-refractivity contribution >= 4 is 23.0 Å². The molecule has 0 aliphatic carbocycles. The predicted molar refractivity (Wildman–Crippen MR) is 233 cm³/mol. The van der Waals surface area contributed by atoms with Crippen LogP contribution in [0.3, 0.4) is 0 Å². The molecule has 8 nitrogen and oxygen atoms in total. The summed E-state index contributed by atoms with van der Waals surface area (Å²) in [6.07, 6.45) is 0. The maximum absolute atomic E-state index is 14.4. The van der Waals surface area contributed by atoms with Crippen molar-refractivity contribution in [3.05, 3.63) is 196 Å². The van der Waals surface area contributed by atoms with E-state index in [1.807, 2.05) is 176 Å². The summed E-state index contributed by atoms with van der Waals surface area (Å²) in [4.78, 5) is 23.0. The van der Waals surface area contributed by atoms with E-state index >= 15 is 0 Å². The van der Waals surface area contributed by atoms with Gasteiger partial charge in [-0.05, 0) is 89.5 Å². The molecule has 0 radical (unpaired) electrons. The fourth-order valence-electron chi connectivity index (χ4n) is 6.33. The van der Waals surface area contributed by atoms with E-state index in [0.717, 1.165) is 16.7 Å². The van der Waals surface area contributed by atoms with Gasteiger partial charge < -0.3 is 9.47 Å². The van der Waals surface area contributed by atoms with Gasteiger partial charge in [0.1, 0.15) is 40.7 Å². The third-order valence-electron chi connectivity index (χ3n) is 8.54. The smallest absolute Gasteiger partial charge is 0.260 e. The molecule has 290 valence electrons. The highest BCUT2D eigenvalue weighted by Gasteiger charge is 2.52. The highest BCUT2D eigenvalue weighted by Crippen LogP contribution is 2.51. The molecule has 1 atom stereocenters. The molecule has 58 heavy (non-hydrogen) atoms. The van der Waals surface area contributed by atoms with Gasteiger partial charge in [0.2, 0.25) is 0 Å². The first-order valence-corrected chi connectivity index (χ1v) is 19.4. The maximum Gasteiger partial charge on any atom is 0.260 e. The lowest BCUT2D eigenvalue weighted by atomic mass is 9.76. The van der Waals surface area contributed by atoms with Crippen molar-refractivity contribution in [3.63, 3.8) is 0 Å². The standard InChI is InChI=1S/C42H23N5O3.4C2H6/c1-45-39-23-22-36(25-40(39)46-2)50-34-20-15-31(16-21-34)42(38-11-7-6-10-37(38)41(48)47(42)32-8-4-3-5-9-32)30-13-18-33(19-14-30)49-35-17-12-28(26-43)29(24-35)27-44;4*1-2/h3-25H;4*1-2H3. The summed E-state index contributed by atoms with van der Waals surface area (Å²) in [7, 11) is 0. The van der Waals surface area contributed by atoms with Crippen molar-refractivity contribution in [1.82, 2.24) is 0 Å². The van der Waals surface area contributed by atoms with Gasteiger partial charge in [-0.2, -0.15) is 10.5 Å². The van der Waals surface area contributed by atoms with Gasteiger partial charge in [-0.3, -0.25) is 14.5 Å². The Morgan fingerprint density at radius 2 is 1.00 bits per heavy atom. The quantitative estimate of drug-likeness (QED) is 0.151. The lowest BCUT2D eigenvalue weighted by Crippen LogP contribution is -2.46. The molecule has 8 heteroatoms. The largest absolute Gasteiger partial charge is 0.459 e. The van der Waals surface area contributed by atoms with Gasteiger partial charge in [0.05, 0.1) is 24.3 Å². The van der Waals surface area contributed by atoms with Crippen LogP contribution in [-0.2, 0) is 5.54 Å². The van der Waals surface area contributed by atoms with E-state index in [0.29, 0.717) is 34.2 Å². The van der Waals surface area contributed by atoms with Gasteiger partial charge in [-0.1, -0.05) is 122 Å². The molecule has 0 aromatic heterocycles. The van der Waals surface area contributed by atoms with Gasteiger partial charge in [0.15, 0.2) is 11.4 Å². The van der Waals surface area contributed by atoms with Crippen LogP contribution in [0.25, 0.3) is 9.69 Å². The normalized spacial score (nSPS) is 12.8. The van der Waals surface area contributed by atoms with Crippen LogP contribution < -0.4 is 14.4 Å². The molecule has 1 amide bonds. The van der Waals surface area contributed by atoms with Crippen LogP contribution in [0.2, 0.25) is 0 Å². The average Bonchev–Trinajstić information content (AvgIpc) is 3.58. The van der Waals surface area contributed by atoms with E-state index in [2.05, 4.69) is 9.69 Å². The van der Waals surface area contributed by atoms with Gasteiger partial charge in [0, 0.05) is 11.3 Å². The van der Waals surface area contributed by atoms with E-state index < -0.39 is 5.54 Å². The van der Waals surface area contributed by atoms with E-state index in [1.165, 1.54) is 6.07 Å². The van der Waals surface area contributed by atoms with E-state index in [-0.39, 0.29) is 28.4 Å². The van der Waals surface area contributed by atoms with Gasteiger partial charge in [0.25, 0.3) is 5.91 Å². The highest BCUT2D eigenvalue weighted by molar-refractivity contribution is 6.13. The number of anilines is 1. The Morgan fingerprint density at radius 1 is 0.534 bits per heavy atom. The molecule has 1 aliphatic rings. The summed E-state index contributed by atoms with van der Waals surface area (Å²) in [6.45, 7) is 30.7. The molecule has 0 bridgehead atoms. The number of ether oxygens (including phenoxy) is 2. The van der Waals surface area contributed by atoms with Crippen LogP contribution in [0, 0.1) is 35.8 Å². The number of fused-ring (bicyclic) bond motifs is 1. The second-order valence-corrected chi connectivity index (χ2v) is 11.3. The fraction of sp³-hybridized carbons (Fsp3) is 0.180. The summed E-state index contributed by atoms with van der Waals surface area (Å²) >= 11 is 0. The first-order chi connectivity index (χ1) is 28.5. The van der Waals surface area contributed by atoms with E-state index in [9.17, 15) is 15.3 Å². The van der Waals surface area contributed by atoms with Crippen LogP contribution in [0.4, 0.5) is 17.1 Å². The number of rotatable bonds is 7. The Balaban J connectivity index is 0.00000106. The van der Waals surface area contributed by atoms with Crippen LogP contribution >= 0.6 is 0 Å². The number of nitriles is 2. The number of hydrogen-bond donors (Lipinski definition) is 0. The van der Waals surface area contributed by atoms with Crippen LogP contribution in [0.1, 0.15) is 93.6 Å². The minimum Gasteiger partial charge on any atom is -0.459 e. The topological polar surface area (TPSA) is 95.1 Å². The average molecular weight is 766 g/mol. The van der Waals surface area contributed by atoms with Crippen LogP contribution in [-0.4, -0.2) is 5.91 Å². The van der Waals surface area contributed by atoms with Gasteiger partial charge in [-0.15, -0.1) is 0 Å².